The summed E-state index contributed by atoms with van der Waals surface area (Å²) in [4.78, 5) is 16.1. The molecular weight excluding hydrogens is 266 g/mol. The highest BCUT2D eigenvalue weighted by Gasteiger charge is 2.08. The van der Waals surface area contributed by atoms with E-state index in [1.807, 2.05) is 50.2 Å². The predicted octanol–water partition coefficient (Wildman–Crippen LogP) is 3.19. The Labute approximate surface area is 124 Å². The van der Waals surface area contributed by atoms with E-state index in [1.165, 1.54) is 0 Å². The van der Waals surface area contributed by atoms with E-state index >= 15 is 0 Å². The van der Waals surface area contributed by atoms with Crippen molar-refractivity contribution in [3.63, 3.8) is 0 Å². The van der Waals surface area contributed by atoms with Crippen molar-refractivity contribution in [2.45, 2.75) is 26.5 Å². The molecule has 1 heterocycles. The van der Waals surface area contributed by atoms with E-state index in [4.69, 9.17) is 4.74 Å². The molecule has 1 aromatic carbocycles. The summed E-state index contributed by atoms with van der Waals surface area (Å²) in [5.74, 6) is 0.653. The lowest BCUT2D eigenvalue weighted by molar-refractivity contribution is 0.241. The Morgan fingerprint density at radius 3 is 2.67 bits per heavy atom. The maximum absolute atomic E-state index is 11.9. The van der Waals surface area contributed by atoms with Gasteiger partial charge in [0.2, 0.25) is 0 Å². The molecule has 2 N–H and O–H groups in total. The second kappa shape index (κ2) is 7.28. The molecule has 0 spiro atoms. The second-order valence-electron chi connectivity index (χ2n) is 4.79. The van der Waals surface area contributed by atoms with Crippen LogP contribution in [-0.2, 0) is 6.54 Å². The maximum Gasteiger partial charge on any atom is 0.319 e. The molecule has 0 aliphatic heterocycles. The molecule has 2 rings (SSSR count). The molecule has 0 saturated carbocycles. The van der Waals surface area contributed by atoms with Gasteiger partial charge in [0, 0.05) is 6.20 Å². The molecule has 0 atom stereocenters. The van der Waals surface area contributed by atoms with Gasteiger partial charge >= 0.3 is 6.03 Å². The van der Waals surface area contributed by atoms with Gasteiger partial charge in [-0.2, -0.15) is 0 Å². The minimum absolute atomic E-state index is 0.0459. The van der Waals surface area contributed by atoms with Crippen molar-refractivity contribution >= 4 is 11.7 Å². The molecule has 21 heavy (non-hydrogen) atoms. The molecule has 0 aliphatic rings. The minimum atomic E-state index is -0.291. The van der Waals surface area contributed by atoms with Gasteiger partial charge in [0.15, 0.2) is 0 Å². The van der Waals surface area contributed by atoms with Crippen LogP contribution in [0, 0.1) is 0 Å². The fraction of sp³-hybridized carbons (Fsp3) is 0.250. The molecule has 0 fully saturated rings. The number of nitrogens with zero attached hydrogens (tertiary/aromatic N) is 1. The monoisotopic (exact) mass is 285 g/mol. The molecular formula is C16H19N3O2. The highest BCUT2D eigenvalue weighted by atomic mass is 16.5. The number of benzene rings is 1. The molecule has 0 bridgehead atoms. The Hall–Kier alpha value is -2.56. The van der Waals surface area contributed by atoms with Crippen molar-refractivity contribution in [3.8, 4) is 5.75 Å². The van der Waals surface area contributed by atoms with E-state index in [9.17, 15) is 4.79 Å². The molecule has 110 valence electrons. The van der Waals surface area contributed by atoms with Crippen LogP contribution in [0.1, 0.15) is 19.5 Å². The van der Waals surface area contributed by atoms with Crippen molar-refractivity contribution in [2.24, 2.45) is 0 Å². The molecule has 0 unspecified atom stereocenters. The first-order valence-electron chi connectivity index (χ1n) is 6.85. The fourth-order valence-corrected chi connectivity index (χ4v) is 1.77. The van der Waals surface area contributed by atoms with E-state index in [0.717, 1.165) is 5.69 Å². The Morgan fingerprint density at radius 2 is 1.95 bits per heavy atom. The average Bonchev–Trinajstić information content (AvgIpc) is 2.48. The highest BCUT2D eigenvalue weighted by molar-refractivity contribution is 5.90. The number of nitrogens with one attached hydrogen (secondary N) is 2. The molecule has 5 heteroatoms. The van der Waals surface area contributed by atoms with Crippen LogP contribution in [0.25, 0.3) is 0 Å². The third kappa shape index (κ3) is 4.80. The second-order valence-corrected chi connectivity index (χ2v) is 4.79. The average molecular weight is 285 g/mol. The zero-order valence-corrected chi connectivity index (χ0v) is 12.2. The number of ether oxygens (including phenoxy) is 1. The van der Waals surface area contributed by atoms with Crippen LogP contribution in [0.15, 0.2) is 48.7 Å². The summed E-state index contributed by atoms with van der Waals surface area (Å²) in [6.45, 7) is 4.26. The third-order valence-electron chi connectivity index (χ3n) is 2.65. The Balaban J connectivity index is 1.93. The van der Waals surface area contributed by atoms with Gasteiger partial charge in [0.1, 0.15) is 5.75 Å². The number of urea groups is 1. The number of anilines is 1. The molecule has 2 amide bonds. The number of amides is 2. The summed E-state index contributed by atoms with van der Waals surface area (Å²) >= 11 is 0. The van der Waals surface area contributed by atoms with E-state index < -0.39 is 0 Å². The first kappa shape index (κ1) is 14.8. The lowest BCUT2D eigenvalue weighted by Gasteiger charge is -2.15. The number of carbonyl (C=O) groups excluding carboxylic acids is 1. The SMILES string of the molecule is CC(C)Oc1ccccc1NC(=O)NCc1ccccn1. The smallest absolute Gasteiger partial charge is 0.319 e. The van der Waals surface area contributed by atoms with Crippen LogP contribution >= 0.6 is 0 Å². The molecule has 1 aromatic heterocycles. The van der Waals surface area contributed by atoms with Gasteiger partial charge in [-0.1, -0.05) is 18.2 Å². The lowest BCUT2D eigenvalue weighted by Crippen LogP contribution is -2.28. The minimum Gasteiger partial charge on any atom is -0.489 e. The zero-order valence-electron chi connectivity index (χ0n) is 12.2. The molecule has 0 aliphatic carbocycles. The number of carbonyl (C=O) groups is 1. The van der Waals surface area contributed by atoms with Crippen molar-refractivity contribution in [3.05, 3.63) is 54.4 Å². The number of pyridine rings is 1. The van der Waals surface area contributed by atoms with Gasteiger partial charge in [0.05, 0.1) is 24.0 Å². The van der Waals surface area contributed by atoms with Gasteiger partial charge in [-0.15, -0.1) is 0 Å². The van der Waals surface area contributed by atoms with E-state index in [0.29, 0.717) is 18.0 Å². The number of rotatable bonds is 5. The standard InChI is InChI=1S/C16H19N3O2/c1-12(2)21-15-9-4-3-8-14(15)19-16(20)18-11-13-7-5-6-10-17-13/h3-10,12H,11H2,1-2H3,(H2,18,19,20). The largest absolute Gasteiger partial charge is 0.489 e. The summed E-state index contributed by atoms with van der Waals surface area (Å²) < 4.78 is 5.65. The first-order chi connectivity index (χ1) is 10.1. The number of hydrogen-bond donors (Lipinski definition) is 2. The van der Waals surface area contributed by atoms with Gasteiger partial charge in [0.25, 0.3) is 0 Å². The van der Waals surface area contributed by atoms with Crippen molar-refractivity contribution in [1.82, 2.24) is 10.3 Å². The maximum atomic E-state index is 11.9. The van der Waals surface area contributed by atoms with Crippen LogP contribution in [-0.4, -0.2) is 17.1 Å². The summed E-state index contributed by atoms with van der Waals surface area (Å²) in [5, 5.41) is 5.54. The van der Waals surface area contributed by atoms with Gasteiger partial charge in [-0.3, -0.25) is 4.98 Å². The van der Waals surface area contributed by atoms with Crippen molar-refractivity contribution < 1.29 is 9.53 Å². The van der Waals surface area contributed by atoms with Crippen LogP contribution in [0.3, 0.4) is 0 Å². The molecule has 2 aromatic rings. The molecule has 0 saturated heterocycles. The van der Waals surface area contributed by atoms with E-state index in [-0.39, 0.29) is 12.1 Å². The summed E-state index contributed by atoms with van der Waals surface area (Å²) in [5.41, 5.74) is 1.45. The third-order valence-corrected chi connectivity index (χ3v) is 2.65. The van der Waals surface area contributed by atoms with Gasteiger partial charge in [-0.05, 0) is 38.1 Å². The van der Waals surface area contributed by atoms with Gasteiger partial charge < -0.3 is 15.4 Å². The number of aromatic nitrogens is 1. The van der Waals surface area contributed by atoms with Crippen LogP contribution in [0.5, 0.6) is 5.75 Å². The number of para-hydroxylation sites is 2. The van der Waals surface area contributed by atoms with E-state index in [2.05, 4.69) is 15.6 Å². The molecule has 5 nitrogen and oxygen atoms in total. The van der Waals surface area contributed by atoms with Gasteiger partial charge in [-0.25, -0.2) is 4.79 Å². The highest BCUT2D eigenvalue weighted by Crippen LogP contribution is 2.24. The first-order valence-corrected chi connectivity index (χ1v) is 6.85. The Morgan fingerprint density at radius 1 is 1.19 bits per heavy atom. The topological polar surface area (TPSA) is 63.2 Å². The van der Waals surface area contributed by atoms with Crippen LogP contribution in [0.2, 0.25) is 0 Å². The summed E-state index contributed by atoms with van der Waals surface area (Å²) in [6.07, 6.45) is 1.74. The van der Waals surface area contributed by atoms with E-state index in [1.54, 1.807) is 12.3 Å². The zero-order chi connectivity index (χ0) is 15.1. The summed E-state index contributed by atoms with van der Waals surface area (Å²) in [6, 6.07) is 12.6. The Bertz CT molecular complexity index is 585. The quantitative estimate of drug-likeness (QED) is 0.886. The lowest BCUT2D eigenvalue weighted by atomic mass is 10.3. The van der Waals surface area contributed by atoms with Crippen LogP contribution < -0.4 is 15.4 Å². The van der Waals surface area contributed by atoms with Crippen molar-refractivity contribution in [1.29, 1.82) is 0 Å². The predicted molar refractivity (Wildman–Crippen MR) is 82.3 cm³/mol. The molecule has 0 radical (unpaired) electrons. The summed E-state index contributed by atoms with van der Waals surface area (Å²) in [7, 11) is 0. The Kier molecular flexibility index (Phi) is 5.15. The van der Waals surface area contributed by atoms with Crippen LogP contribution in [0.4, 0.5) is 10.5 Å². The van der Waals surface area contributed by atoms with Crippen molar-refractivity contribution in [2.75, 3.05) is 5.32 Å². The fourth-order valence-electron chi connectivity index (χ4n) is 1.77. The number of hydrogen-bond acceptors (Lipinski definition) is 3. The normalized spacial score (nSPS) is 10.2.